The van der Waals surface area contributed by atoms with Gasteiger partial charge in [0.1, 0.15) is 17.4 Å². The van der Waals surface area contributed by atoms with E-state index in [2.05, 4.69) is 41.7 Å². The predicted octanol–water partition coefficient (Wildman–Crippen LogP) is 4.04. The van der Waals surface area contributed by atoms with Crippen LogP contribution in [0.25, 0.3) is 0 Å². The molecule has 2 aliphatic rings. The number of hydrogen-bond donors (Lipinski definition) is 0. The van der Waals surface area contributed by atoms with E-state index in [0.717, 1.165) is 69.7 Å². The first-order valence-electron chi connectivity index (χ1n) is 10.8. The largest absolute Gasteiger partial charge is 0.348 e. The number of ketones is 1. The number of anilines is 1. The number of aromatic nitrogens is 2. The van der Waals surface area contributed by atoms with Crippen molar-refractivity contribution in [3.63, 3.8) is 0 Å². The zero-order valence-corrected chi connectivity index (χ0v) is 17.5. The quantitative estimate of drug-likeness (QED) is 0.754. The van der Waals surface area contributed by atoms with Gasteiger partial charge in [0, 0.05) is 43.7 Å². The van der Waals surface area contributed by atoms with Crippen molar-refractivity contribution in [2.45, 2.75) is 83.7 Å². The van der Waals surface area contributed by atoms with Crippen LogP contribution in [0, 0.1) is 5.92 Å². The maximum atomic E-state index is 11.4. The van der Waals surface area contributed by atoms with Gasteiger partial charge in [-0.15, -0.1) is 0 Å². The molecule has 0 N–H and O–H groups in total. The Bertz CT molecular complexity index is 612. The van der Waals surface area contributed by atoms with Crippen LogP contribution in [0.2, 0.25) is 0 Å². The monoisotopic (exact) mass is 372 g/mol. The lowest BCUT2D eigenvalue weighted by Gasteiger charge is -2.46. The number of rotatable bonds is 6. The third-order valence-corrected chi connectivity index (χ3v) is 6.49. The molecule has 2 unspecified atom stereocenters. The first kappa shape index (κ1) is 20.2. The van der Waals surface area contributed by atoms with Crippen molar-refractivity contribution in [2.75, 3.05) is 25.0 Å². The van der Waals surface area contributed by atoms with Crippen LogP contribution < -0.4 is 4.90 Å². The number of Topliss-reactive ketones (excluding diaryl/α,β-unsaturated/α-hetero) is 1. The molecule has 1 aromatic heterocycles. The van der Waals surface area contributed by atoms with Crippen LogP contribution in [-0.2, 0) is 4.79 Å². The summed E-state index contributed by atoms with van der Waals surface area (Å²) in [5.74, 6) is 3.45. The second-order valence-corrected chi connectivity index (χ2v) is 8.65. The summed E-state index contributed by atoms with van der Waals surface area (Å²) in [7, 11) is 2.23. The van der Waals surface area contributed by atoms with Gasteiger partial charge >= 0.3 is 0 Å². The van der Waals surface area contributed by atoms with Crippen LogP contribution in [-0.4, -0.2) is 52.9 Å². The highest BCUT2D eigenvalue weighted by Crippen LogP contribution is 2.36. The van der Waals surface area contributed by atoms with Crippen LogP contribution in [0.5, 0.6) is 0 Å². The van der Waals surface area contributed by atoms with Gasteiger partial charge in [-0.2, -0.15) is 0 Å². The Kier molecular flexibility index (Phi) is 6.85. The second-order valence-electron chi connectivity index (χ2n) is 8.65. The van der Waals surface area contributed by atoms with Gasteiger partial charge in [-0.1, -0.05) is 13.8 Å². The van der Waals surface area contributed by atoms with E-state index in [4.69, 9.17) is 4.98 Å². The van der Waals surface area contributed by atoms with E-state index in [0.29, 0.717) is 29.7 Å². The Hall–Kier alpha value is -1.49. The molecule has 2 heterocycles. The van der Waals surface area contributed by atoms with E-state index in [1.807, 2.05) is 6.20 Å². The lowest BCUT2D eigenvalue weighted by atomic mass is 9.79. The summed E-state index contributed by atoms with van der Waals surface area (Å²) >= 11 is 0. The lowest BCUT2D eigenvalue weighted by molar-refractivity contribution is -0.118. The predicted molar refractivity (Wildman–Crippen MR) is 110 cm³/mol. The zero-order valence-electron chi connectivity index (χ0n) is 17.5. The van der Waals surface area contributed by atoms with Gasteiger partial charge in [0.25, 0.3) is 0 Å². The summed E-state index contributed by atoms with van der Waals surface area (Å²) < 4.78 is 0. The number of piperazine rings is 1. The number of nitrogens with zero attached hydrogens (tertiary/aromatic N) is 4. The molecule has 150 valence electrons. The third kappa shape index (κ3) is 4.87. The van der Waals surface area contributed by atoms with Gasteiger partial charge in [0.2, 0.25) is 0 Å². The molecule has 0 radical (unpaired) electrons. The minimum Gasteiger partial charge on any atom is -0.348 e. The van der Waals surface area contributed by atoms with E-state index in [1.54, 1.807) is 6.92 Å². The lowest BCUT2D eigenvalue weighted by Crippen LogP contribution is -2.57. The first-order chi connectivity index (χ1) is 13.0. The van der Waals surface area contributed by atoms with E-state index < -0.39 is 0 Å². The summed E-state index contributed by atoms with van der Waals surface area (Å²) in [6.07, 6.45) is 9.44. The van der Waals surface area contributed by atoms with Crippen molar-refractivity contribution in [3.8, 4) is 0 Å². The van der Waals surface area contributed by atoms with Crippen molar-refractivity contribution in [3.05, 3.63) is 18.1 Å². The molecule has 0 bridgehead atoms. The molecule has 2 fully saturated rings. The third-order valence-electron chi connectivity index (χ3n) is 6.49. The van der Waals surface area contributed by atoms with Crippen molar-refractivity contribution in [2.24, 2.45) is 5.92 Å². The summed E-state index contributed by atoms with van der Waals surface area (Å²) in [5, 5.41) is 0. The molecule has 0 amide bonds. The topological polar surface area (TPSA) is 49.3 Å². The maximum Gasteiger partial charge on any atom is 0.133 e. The molecule has 1 aromatic rings. The highest BCUT2D eigenvalue weighted by atomic mass is 16.1. The molecular weight excluding hydrogens is 336 g/mol. The average molecular weight is 373 g/mol. The molecule has 2 atom stereocenters. The van der Waals surface area contributed by atoms with Gasteiger partial charge in [-0.25, -0.2) is 9.97 Å². The van der Waals surface area contributed by atoms with Crippen LogP contribution in [0.1, 0.15) is 77.5 Å². The van der Waals surface area contributed by atoms with Crippen molar-refractivity contribution < 1.29 is 4.79 Å². The van der Waals surface area contributed by atoms with Crippen molar-refractivity contribution >= 4 is 11.6 Å². The normalized spacial score (nSPS) is 29.7. The van der Waals surface area contributed by atoms with Crippen molar-refractivity contribution in [1.29, 1.82) is 0 Å². The number of hydrogen-bond acceptors (Lipinski definition) is 5. The molecule has 5 nitrogen and oxygen atoms in total. The molecule has 27 heavy (non-hydrogen) atoms. The SMILES string of the molecule is CCC1CN(C)CC(CC)N1c1ccnc([C@H]2CC[C@H](CC(C)=O)CC2)n1. The van der Waals surface area contributed by atoms with E-state index >= 15 is 0 Å². The zero-order chi connectivity index (χ0) is 19.4. The molecule has 1 aliphatic carbocycles. The van der Waals surface area contributed by atoms with E-state index in [-0.39, 0.29) is 0 Å². The molecule has 0 aromatic carbocycles. The number of carbonyl (C=O) groups excluding carboxylic acids is 1. The van der Waals surface area contributed by atoms with Crippen molar-refractivity contribution in [1.82, 2.24) is 14.9 Å². The maximum absolute atomic E-state index is 11.4. The molecule has 1 aliphatic heterocycles. The summed E-state index contributed by atoms with van der Waals surface area (Å²) in [4.78, 5) is 26.1. The summed E-state index contributed by atoms with van der Waals surface area (Å²) in [5.41, 5.74) is 0. The first-order valence-corrected chi connectivity index (χ1v) is 10.8. The Morgan fingerprint density at radius 1 is 1.11 bits per heavy atom. The van der Waals surface area contributed by atoms with Crippen LogP contribution in [0.3, 0.4) is 0 Å². The van der Waals surface area contributed by atoms with E-state index in [1.165, 1.54) is 0 Å². The molecule has 1 saturated heterocycles. The van der Waals surface area contributed by atoms with Gasteiger partial charge in [-0.05, 0) is 64.5 Å². The summed E-state index contributed by atoms with van der Waals surface area (Å²) in [6, 6.07) is 3.13. The molecule has 1 saturated carbocycles. The standard InChI is InChI=1S/C22H36N4O/c1-5-19-14-25(4)15-20(6-2)26(19)21-11-12-23-22(24-21)18-9-7-17(8-10-18)13-16(3)27/h11-12,17-20H,5-10,13-15H2,1-4H3/t17-,18-,19?,20?. The van der Waals surface area contributed by atoms with Gasteiger partial charge < -0.3 is 14.6 Å². The van der Waals surface area contributed by atoms with E-state index in [9.17, 15) is 4.79 Å². The number of likely N-dealkylation sites (N-methyl/N-ethyl adjacent to an activating group) is 1. The molecule has 0 spiro atoms. The van der Waals surface area contributed by atoms with Crippen LogP contribution in [0.15, 0.2) is 12.3 Å². The number of carbonyl (C=O) groups is 1. The van der Waals surface area contributed by atoms with Gasteiger partial charge in [0.15, 0.2) is 0 Å². The average Bonchev–Trinajstić information content (AvgIpc) is 2.67. The Balaban J connectivity index is 1.74. The molecular formula is C22H36N4O. The Morgan fingerprint density at radius 3 is 2.30 bits per heavy atom. The smallest absolute Gasteiger partial charge is 0.133 e. The van der Waals surface area contributed by atoms with Crippen LogP contribution in [0.4, 0.5) is 5.82 Å². The van der Waals surface area contributed by atoms with Crippen LogP contribution >= 0.6 is 0 Å². The van der Waals surface area contributed by atoms with Gasteiger partial charge in [-0.3, -0.25) is 0 Å². The minimum atomic E-state index is 0.322. The Labute approximate surface area is 164 Å². The highest BCUT2D eigenvalue weighted by molar-refractivity contribution is 5.75. The minimum absolute atomic E-state index is 0.322. The Morgan fingerprint density at radius 2 is 1.74 bits per heavy atom. The fraction of sp³-hybridized carbons (Fsp3) is 0.773. The molecule has 3 rings (SSSR count). The highest BCUT2D eigenvalue weighted by Gasteiger charge is 2.33. The summed E-state index contributed by atoms with van der Waals surface area (Å²) in [6.45, 7) is 8.47. The van der Waals surface area contributed by atoms with Gasteiger partial charge in [0.05, 0.1) is 0 Å². The molecule has 5 heteroatoms. The second kappa shape index (κ2) is 9.13. The fourth-order valence-corrected chi connectivity index (χ4v) is 5.03. The fourth-order valence-electron chi connectivity index (χ4n) is 5.03.